The van der Waals surface area contributed by atoms with Crippen LogP contribution in [-0.4, -0.2) is 11.0 Å². The lowest BCUT2D eigenvalue weighted by molar-refractivity contribution is 0.293. The molecular weight excluding hydrogens is 335 g/mol. The molecule has 3 N–H and O–H groups in total. The molecule has 100 valence electrons. The van der Waals surface area contributed by atoms with Crippen molar-refractivity contribution in [2.45, 2.75) is 6.61 Å². The second kappa shape index (κ2) is 6.03. The Kier molecular flexibility index (Phi) is 4.39. The van der Waals surface area contributed by atoms with E-state index in [0.29, 0.717) is 5.56 Å². The molecule has 2 rings (SSSR count). The van der Waals surface area contributed by atoms with Gasteiger partial charge >= 0.3 is 0 Å². The zero-order valence-electron chi connectivity index (χ0n) is 9.64. The van der Waals surface area contributed by atoms with E-state index >= 15 is 0 Å². The van der Waals surface area contributed by atoms with Crippen LogP contribution in [0.5, 0.6) is 5.75 Å². The number of amidine groups is 1. The number of halogens is 2. The van der Waals surface area contributed by atoms with Crippen LogP contribution in [0, 0.1) is 5.82 Å². The number of nitrogens with zero attached hydrogens (tertiary/aromatic N) is 1. The molecule has 1 heterocycles. The SMILES string of the molecule is N/C(=N/O)c1ccc(OCc2sccc2Br)c(F)c1. The number of nitrogens with two attached hydrogens (primary N) is 1. The number of rotatable bonds is 4. The van der Waals surface area contributed by atoms with Crippen LogP contribution >= 0.6 is 27.3 Å². The highest BCUT2D eigenvalue weighted by molar-refractivity contribution is 9.10. The maximum Gasteiger partial charge on any atom is 0.170 e. The maximum atomic E-state index is 13.8. The minimum absolute atomic E-state index is 0.120. The molecule has 0 aliphatic heterocycles. The molecule has 0 spiro atoms. The van der Waals surface area contributed by atoms with Crippen LogP contribution in [0.1, 0.15) is 10.4 Å². The summed E-state index contributed by atoms with van der Waals surface area (Å²) in [4.78, 5) is 0.972. The van der Waals surface area contributed by atoms with Crippen molar-refractivity contribution in [3.8, 4) is 5.75 Å². The highest BCUT2D eigenvalue weighted by atomic mass is 79.9. The Morgan fingerprint density at radius 3 is 2.84 bits per heavy atom. The summed E-state index contributed by atoms with van der Waals surface area (Å²) in [5.74, 6) is -0.585. The van der Waals surface area contributed by atoms with Gasteiger partial charge in [0.15, 0.2) is 17.4 Å². The fourth-order valence-electron chi connectivity index (χ4n) is 1.41. The standard InChI is InChI=1S/C12H10BrFN2O2S/c13-8-3-4-19-11(8)6-18-10-2-1-7(5-9(10)14)12(15)16-17/h1-5,17H,6H2,(H2,15,16). The van der Waals surface area contributed by atoms with Gasteiger partial charge in [0, 0.05) is 10.0 Å². The van der Waals surface area contributed by atoms with Crippen LogP contribution in [-0.2, 0) is 6.61 Å². The quantitative estimate of drug-likeness (QED) is 0.387. The van der Waals surface area contributed by atoms with Gasteiger partial charge in [-0.1, -0.05) is 5.16 Å². The number of hydrogen-bond acceptors (Lipinski definition) is 4. The van der Waals surface area contributed by atoms with E-state index in [9.17, 15) is 4.39 Å². The Labute approximate surface area is 121 Å². The summed E-state index contributed by atoms with van der Waals surface area (Å²) in [5.41, 5.74) is 5.67. The van der Waals surface area contributed by atoms with Crippen LogP contribution in [0.15, 0.2) is 39.3 Å². The third kappa shape index (κ3) is 3.24. The van der Waals surface area contributed by atoms with E-state index in [1.54, 1.807) is 0 Å². The third-order valence-electron chi connectivity index (χ3n) is 2.39. The summed E-state index contributed by atoms with van der Waals surface area (Å²) in [5, 5.41) is 13.2. The van der Waals surface area contributed by atoms with Crippen molar-refractivity contribution < 1.29 is 14.3 Å². The van der Waals surface area contributed by atoms with E-state index in [1.807, 2.05) is 11.4 Å². The predicted molar refractivity (Wildman–Crippen MR) is 75.3 cm³/mol. The van der Waals surface area contributed by atoms with E-state index in [-0.39, 0.29) is 18.2 Å². The first-order chi connectivity index (χ1) is 9.11. The summed E-state index contributed by atoms with van der Waals surface area (Å²) in [6.45, 7) is 0.276. The van der Waals surface area contributed by atoms with Gasteiger partial charge in [-0.2, -0.15) is 0 Å². The van der Waals surface area contributed by atoms with Gasteiger partial charge in [0.25, 0.3) is 0 Å². The summed E-state index contributed by atoms with van der Waals surface area (Å²) in [6.07, 6.45) is 0. The molecule has 0 fully saturated rings. The number of thiophene rings is 1. The Balaban J connectivity index is 2.12. The highest BCUT2D eigenvalue weighted by Gasteiger charge is 2.09. The summed E-state index contributed by atoms with van der Waals surface area (Å²) < 4.78 is 20.1. The number of hydrogen-bond donors (Lipinski definition) is 2. The molecule has 0 unspecified atom stereocenters. The maximum absolute atomic E-state index is 13.8. The minimum atomic E-state index is -0.559. The van der Waals surface area contributed by atoms with Gasteiger partial charge in [0.1, 0.15) is 6.61 Å². The molecule has 2 aromatic rings. The topological polar surface area (TPSA) is 67.8 Å². The smallest absolute Gasteiger partial charge is 0.170 e. The monoisotopic (exact) mass is 344 g/mol. The minimum Gasteiger partial charge on any atom is -0.485 e. The molecule has 0 aliphatic carbocycles. The van der Waals surface area contributed by atoms with Gasteiger partial charge in [0.05, 0.1) is 4.88 Å². The van der Waals surface area contributed by atoms with Gasteiger partial charge < -0.3 is 15.7 Å². The van der Waals surface area contributed by atoms with Crippen molar-refractivity contribution in [1.29, 1.82) is 0 Å². The molecule has 4 nitrogen and oxygen atoms in total. The second-order valence-electron chi connectivity index (χ2n) is 3.61. The number of ether oxygens (including phenoxy) is 1. The zero-order valence-corrected chi connectivity index (χ0v) is 12.0. The largest absolute Gasteiger partial charge is 0.485 e. The molecule has 0 bridgehead atoms. The van der Waals surface area contributed by atoms with Crippen LogP contribution in [0.4, 0.5) is 4.39 Å². The van der Waals surface area contributed by atoms with Crippen molar-refractivity contribution >= 4 is 33.1 Å². The average molecular weight is 345 g/mol. The lowest BCUT2D eigenvalue weighted by Crippen LogP contribution is -2.13. The molecule has 7 heteroatoms. The number of benzene rings is 1. The van der Waals surface area contributed by atoms with E-state index in [4.69, 9.17) is 15.7 Å². The first kappa shape index (κ1) is 13.8. The van der Waals surface area contributed by atoms with Crippen molar-refractivity contribution in [3.63, 3.8) is 0 Å². The molecule has 0 saturated carbocycles. The van der Waals surface area contributed by atoms with E-state index in [0.717, 1.165) is 15.4 Å². The van der Waals surface area contributed by atoms with E-state index in [1.165, 1.54) is 23.5 Å². The molecule has 1 aromatic carbocycles. The fourth-order valence-corrected chi connectivity index (χ4v) is 2.78. The Morgan fingerprint density at radius 2 is 2.26 bits per heavy atom. The normalized spacial score (nSPS) is 11.6. The summed E-state index contributed by atoms with van der Waals surface area (Å²) in [7, 11) is 0. The first-order valence-electron chi connectivity index (χ1n) is 5.24. The van der Waals surface area contributed by atoms with E-state index in [2.05, 4.69) is 21.1 Å². The molecule has 19 heavy (non-hydrogen) atoms. The van der Waals surface area contributed by atoms with Crippen LogP contribution in [0.25, 0.3) is 0 Å². The molecule has 0 radical (unpaired) electrons. The van der Waals surface area contributed by atoms with Crippen molar-refractivity contribution in [3.05, 3.63) is 50.4 Å². The lowest BCUT2D eigenvalue weighted by atomic mass is 10.2. The van der Waals surface area contributed by atoms with Gasteiger partial charge in [-0.25, -0.2) is 4.39 Å². The van der Waals surface area contributed by atoms with Gasteiger partial charge in [0.2, 0.25) is 0 Å². The lowest BCUT2D eigenvalue weighted by Gasteiger charge is -2.07. The van der Waals surface area contributed by atoms with Gasteiger partial charge in [-0.3, -0.25) is 0 Å². The van der Waals surface area contributed by atoms with Crippen molar-refractivity contribution in [1.82, 2.24) is 0 Å². The van der Waals surface area contributed by atoms with Crippen molar-refractivity contribution in [2.24, 2.45) is 10.9 Å². The molecular formula is C12H10BrFN2O2S. The first-order valence-corrected chi connectivity index (χ1v) is 6.91. The highest BCUT2D eigenvalue weighted by Crippen LogP contribution is 2.25. The molecule has 0 saturated heterocycles. The Bertz CT molecular complexity index is 616. The van der Waals surface area contributed by atoms with Crippen LogP contribution in [0.3, 0.4) is 0 Å². The Morgan fingerprint density at radius 1 is 1.47 bits per heavy atom. The summed E-state index contributed by atoms with van der Waals surface area (Å²) >= 11 is 4.89. The van der Waals surface area contributed by atoms with Crippen molar-refractivity contribution in [2.75, 3.05) is 0 Å². The Hall–Kier alpha value is -1.60. The third-order valence-corrected chi connectivity index (χ3v) is 4.29. The number of oxime groups is 1. The van der Waals surface area contributed by atoms with Crippen LogP contribution in [0.2, 0.25) is 0 Å². The summed E-state index contributed by atoms with van der Waals surface area (Å²) in [6, 6.07) is 6.04. The van der Waals surface area contributed by atoms with Gasteiger partial charge in [-0.05, 0) is 45.6 Å². The fraction of sp³-hybridized carbons (Fsp3) is 0.0833. The predicted octanol–water partition coefficient (Wildman–Crippen LogP) is 3.32. The molecule has 0 atom stereocenters. The molecule has 0 amide bonds. The average Bonchev–Trinajstić information content (AvgIpc) is 2.82. The van der Waals surface area contributed by atoms with Crippen LogP contribution < -0.4 is 10.5 Å². The zero-order chi connectivity index (χ0) is 13.8. The second-order valence-corrected chi connectivity index (χ2v) is 5.47. The molecule has 1 aromatic heterocycles. The van der Waals surface area contributed by atoms with E-state index < -0.39 is 5.82 Å². The molecule has 0 aliphatic rings. The van der Waals surface area contributed by atoms with Gasteiger partial charge in [-0.15, -0.1) is 11.3 Å².